The number of fused-ring (bicyclic) bond motifs is 1. The number of rotatable bonds is 2. The maximum atomic E-state index is 5.58. The van der Waals surface area contributed by atoms with Gasteiger partial charge in [0.1, 0.15) is 16.0 Å². The van der Waals surface area contributed by atoms with Crippen LogP contribution in [0.2, 0.25) is 0 Å². The topological polar surface area (TPSA) is 39.1 Å². The van der Waals surface area contributed by atoms with E-state index in [-0.39, 0.29) is 0 Å². The molecule has 1 aromatic heterocycles. The van der Waals surface area contributed by atoms with Gasteiger partial charge in [0.25, 0.3) is 0 Å². The Bertz CT molecular complexity index is 664. The zero-order valence-corrected chi connectivity index (χ0v) is 13.5. The number of methoxy groups -OCH3 is 1. The van der Waals surface area contributed by atoms with Crippen LogP contribution in [0.3, 0.4) is 0 Å². The molecule has 0 aliphatic carbocycles. The van der Waals surface area contributed by atoms with Gasteiger partial charge in [-0.3, -0.25) is 0 Å². The van der Waals surface area contributed by atoms with Crippen LogP contribution >= 0.6 is 15.9 Å². The highest BCUT2D eigenvalue weighted by molar-refractivity contribution is 9.10. The molecule has 2 heterocycles. The van der Waals surface area contributed by atoms with Crippen molar-refractivity contribution >= 4 is 21.9 Å². The molecule has 1 N–H and O–H groups in total. The summed E-state index contributed by atoms with van der Waals surface area (Å²) in [5.41, 5.74) is 4.33. The van der Waals surface area contributed by atoms with Gasteiger partial charge in [0.15, 0.2) is 0 Å². The molecule has 0 bridgehead atoms. The zero-order valence-electron chi connectivity index (χ0n) is 12.0. The van der Waals surface area contributed by atoms with Crippen molar-refractivity contribution in [2.24, 2.45) is 0 Å². The summed E-state index contributed by atoms with van der Waals surface area (Å²) in [6.45, 7) is 6.13. The van der Waals surface area contributed by atoms with Crippen molar-refractivity contribution in [3.63, 3.8) is 0 Å². The van der Waals surface area contributed by atoms with E-state index in [9.17, 15) is 0 Å². The van der Waals surface area contributed by atoms with Crippen molar-refractivity contribution in [3.8, 4) is 17.0 Å². The first kappa shape index (κ1) is 13.5. The van der Waals surface area contributed by atoms with Crippen LogP contribution in [0, 0.1) is 13.8 Å². The number of aromatic nitrogens is 2. The third-order valence-electron chi connectivity index (χ3n) is 3.63. The lowest BCUT2D eigenvalue weighted by atomic mass is 10.0. The fourth-order valence-electron chi connectivity index (χ4n) is 2.78. The normalized spacial score (nSPS) is 13.8. The van der Waals surface area contributed by atoms with Crippen molar-refractivity contribution < 1.29 is 4.74 Å². The maximum Gasteiger partial charge on any atom is 0.204 e. The van der Waals surface area contributed by atoms with E-state index in [4.69, 9.17) is 9.72 Å². The molecular formula is C15H18BrN3O. The van der Waals surface area contributed by atoms with E-state index in [1.54, 1.807) is 7.11 Å². The van der Waals surface area contributed by atoms with Gasteiger partial charge in [0, 0.05) is 18.7 Å². The largest absolute Gasteiger partial charge is 0.496 e. The van der Waals surface area contributed by atoms with Crippen LogP contribution in [0.1, 0.15) is 17.5 Å². The van der Waals surface area contributed by atoms with Gasteiger partial charge in [0.2, 0.25) is 5.95 Å². The highest BCUT2D eigenvalue weighted by Crippen LogP contribution is 2.39. The van der Waals surface area contributed by atoms with Gasteiger partial charge < -0.3 is 14.6 Å². The zero-order chi connectivity index (χ0) is 14.3. The molecule has 0 amide bonds. The van der Waals surface area contributed by atoms with E-state index >= 15 is 0 Å². The number of nitrogens with one attached hydrogen (secondary N) is 1. The SMILES string of the molecule is COc1c(C)cc(C)cc1-c1nc2n(c1Br)CCCN2. The lowest BCUT2D eigenvalue weighted by Crippen LogP contribution is -2.17. The van der Waals surface area contributed by atoms with E-state index < -0.39 is 0 Å². The second-order valence-electron chi connectivity index (χ2n) is 5.17. The Morgan fingerprint density at radius 1 is 1.35 bits per heavy atom. The molecule has 1 aromatic carbocycles. The number of hydrogen-bond donors (Lipinski definition) is 1. The summed E-state index contributed by atoms with van der Waals surface area (Å²) in [6, 6.07) is 4.26. The molecule has 106 valence electrons. The van der Waals surface area contributed by atoms with Crippen LogP contribution in [0.15, 0.2) is 16.7 Å². The Balaban J connectivity index is 2.21. The number of benzene rings is 1. The standard InChI is InChI=1S/C15H18BrN3O/c1-9-7-10(2)13(20-3)11(8-9)12-14(16)19-6-4-5-17-15(19)18-12/h7-8H,4-6H2,1-3H3,(H,17,18). The molecule has 2 aromatic rings. The van der Waals surface area contributed by atoms with E-state index in [2.05, 4.69) is 51.8 Å². The summed E-state index contributed by atoms with van der Waals surface area (Å²) in [5, 5.41) is 3.34. The monoisotopic (exact) mass is 335 g/mol. The molecule has 0 spiro atoms. The van der Waals surface area contributed by atoms with E-state index in [1.165, 1.54) is 5.56 Å². The Labute approximate surface area is 127 Å². The number of nitrogens with zero attached hydrogens (tertiary/aromatic N) is 2. The van der Waals surface area contributed by atoms with E-state index in [0.717, 1.165) is 52.6 Å². The highest BCUT2D eigenvalue weighted by Gasteiger charge is 2.22. The Hall–Kier alpha value is -1.49. The average molecular weight is 336 g/mol. The van der Waals surface area contributed by atoms with E-state index in [0.29, 0.717) is 0 Å². The van der Waals surface area contributed by atoms with Crippen LogP contribution in [0.4, 0.5) is 5.95 Å². The molecule has 0 atom stereocenters. The minimum absolute atomic E-state index is 0.895. The second-order valence-corrected chi connectivity index (χ2v) is 5.92. The van der Waals surface area contributed by atoms with Gasteiger partial charge in [-0.25, -0.2) is 4.98 Å². The third-order valence-corrected chi connectivity index (χ3v) is 4.43. The number of ether oxygens (including phenoxy) is 1. The predicted molar refractivity (Wildman–Crippen MR) is 84.5 cm³/mol. The smallest absolute Gasteiger partial charge is 0.204 e. The van der Waals surface area contributed by atoms with Crippen molar-refractivity contribution in [1.82, 2.24) is 9.55 Å². The maximum absolute atomic E-state index is 5.58. The lowest BCUT2D eigenvalue weighted by molar-refractivity contribution is 0.413. The Morgan fingerprint density at radius 2 is 2.15 bits per heavy atom. The van der Waals surface area contributed by atoms with Crippen molar-refractivity contribution in [2.45, 2.75) is 26.8 Å². The average Bonchev–Trinajstić information content (AvgIpc) is 2.76. The number of aryl methyl sites for hydroxylation is 2. The summed E-state index contributed by atoms with van der Waals surface area (Å²) < 4.78 is 8.78. The quantitative estimate of drug-likeness (QED) is 0.908. The fourth-order valence-corrected chi connectivity index (χ4v) is 3.43. The van der Waals surface area contributed by atoms with Gasteiger partial charge in [-0.1, -0.05) is 6.07 Å². The van der Waals surface area contributed by atoms with Crippen LogP contribution in [0.25, 0.3) is 11.3 Å². The number of hydrogen-bond acceptors (Lipinski definition) is 3. The van der Waals surface area contributed by atoms with Crippen molar-refractivity contribution in [1.29, 1.82) is 0 Å². The summed E-state index contributed by atoms with van der Waals surface area (Å²) in [7, 11) is 1.71. The molecule has 4 nitrogen and oxygen atoms in total. The molecule has 0 fully saturated rings. The first-order valence-corrected chi connectivity index (χ1v) is 7.56. The number of halogens is 1. The van der Waals surface area contributed by atoms with Crippen molar-refractivity contribution in [3.05, 3.63) is 27.9 Å². The second kappa shape index (κ2) is 5.13. The third kappa shape index (κ3) is 2.10. The Morgan fingerprint density at radius 3 is 2.85 bits per heavy atom. The molecular weight excluding hydrogens is 318 g/mol. The van der Waals surface area contributed by atoms with Crippen LogP contribution < -0.4 is 10.1 Å². The molecule has 1 aliphatic rings. The Kier molecular flexibility index (Phi) is 3.46. The summed E-state index contributed by atoms with van der Waals surface area (Å²) >= 11 is 3.69. The van der Waals surface area contributed by atoms with Crippen LogP contribution in [0.5, 0.6) is 5.75 Å². The molecule has 20 heavy (non-hydrogen) atoms. The molecule has 0 radical (unpaired) electrons. The molecule has 5 heteroatoms. The first-order chi connectivity index (χ1) is 9.61. The summed E-state index contributed by atoms with van der Waals surface area (Å²) in [5.74, 6) is 1.83. The summed E-state index contributed by atoms with van der Waals surface area (Å²) in [6.07, 6.45) is 1.12. The lowest BCUT2D eigenvalue weighted by Gasteiger charge is -2.15. The van der Waals surface area contributed by atoms with Crippen molar-refractivity contribution in [2.75, 3.05) is 19.0 Å². The van der Waals surface area contributed by atoms with E-state index in [1.807, 2.05) is 0 Å². The molecule has 0 saturated heterocycles. The fraction of sp³-hybridized carbons (Fsp3) is 0.400. The minimum atomic E-state index is 0.895. The van der Waals surface area contributed by atoms with Crippen LogP contribution in [-0.2, 0) is 6.54 Å². The molecule has 0 unspecified atom stereocenters. The first-order valence-electron chi connectivity index (χ1n) is 6.77. The van der Waals surface area contributed by atoms with Crippen LogP contribution in [-0.4, -0.2) is 23.2 Å². The van der Waals surface area contributed by atoms with Gasteiger partial charge in [-0.2, -0.15) is 0 Å². The molecule has 1 aliphatic heterocycles. The summed E-state index contributed by atoms with van der Waals surface area (Å²) in [4.78, 5) is 4.74. The predicted octanol–water partition coefficient (Wildman–Crippen LogP) is 3.75. The number of anilines is 1. The van der Waals surface area contributed by atoms with Gasteiger partial charge in [0.05, 0.1) is 7.11 Å². The highest BCUT2D eigenvalue weighted by atomic mass is 79.9. The molecule has 0 saturated carbocycles. The van der Waals surface area contributed by atoms with Gasteiger partial charge >= 0.3 is 0 Å². The molecule has 3 rings (SSSR count). The van der Waals surface area contributed by atoms with Gasteiger partial charge in [-0.05, 0) is 53.4 Å². The minimum Gasteiger partial charge on any atom is -0.496 e. The van der Waals surface area contributed by atoms with Gasteiger partial charge in [-0.15, -0.1) is 0 Å². The number of imidazole rings is 1.